The molecule has 2 aromatic carbocycles. The Bertz CT molecular complexity index is 564. The maximum Gasteiger partial charge on any atom is 0.118 e. The SMILES string of the molecule is COc1ccc(CCNCc2c(C)cc(C)cc2C)cc1. The van der Waals surface area contributed by atoms with Crippen molar-refractivity contribution in [2.24, 2.45) is 0 Å². The van der Waals surface area contributed by atoms with Gasteiger partial charge in [0.05, 0.1) is 7.11 Å². The molecule has 21 heavy (non-hydrogen) atoms. The Morgan fingerprint density at radius 2 is 1.57 bits per heavy atom. The van der Waals surface area contributed by atoms with E-state index in [0.29, 0.717) is 0 Å². The molecule has 0 fully saturated rings. The minimum absolute atomic E-state index is 0.914. The molecule has 0 spiro atoms. The van der Waals surface area contributed by atoms with Gasteiger partial charge in [0.15, 0.2) is 0 Å². The summed E-state index contributed by atoms with van der Waals surface area (Å²) in [7, 11) is 1.70. The van der Waals surface area contributed by atoms with Crippen molar-refractivity contribution in [2.75, 3.05) is 13.7 Å². The third-order valence-electron chi connectivity index (χ3n) is 3.89. The van der Waals surface area contributed by atoms with Gasteiger partial charge in [-0.2, -0.15) is 0 Å². The quantitative estimate of drug-likeness (QED) is 0.810. The highest BCUT2D eigenvalue weighted by Gasteiger charge is 2.03. The van der Waals surface area contributed by atoms with Crippen LogP contribution < -0.4 is 10.1 Å². The third-order valence-corrected chi connectivity index (χ3v) is 3.89. The zero-order valence-electron chi connectivity index (χ0n) is 13.5. The van der Waals surface area contributed by atoms with E-state index in [0.717, 1.165) is 25.3 Å². The highest BCUT2D eigenvalue weighted by Crippen LogP contribution is 2.16. The van der Waals surface area contributed by atoms with Crippen molar-refractivity contribution in [1.82, 2.24) is 5.32 Å². The summed E-state index contributed by atoms with van der Waals surface area (Å²) in [5, 5.41) is 3.55. The number of aryl methyl sites for hydroxylation is 3. The average molecular weight is 283 g/mol. The minimum atomic E-state index is 0.914. The zero-order valence-corrected chi connectivity index (χ0v) is 13.5. The first kappa shape index (κ1) is 15.6. The number of methoxy groups -OCH3 is 1. The predicted octanol–water partition coefficient (Wildman–Crippen LogP) is 3.95. The van der Waals surface area contributed by atoms with Crippen LogP contribution in [0.1, 0.15) is 27.8 Å². The molecular formula is C19H25NO. The second-order valence-electron chi connectivity index (χ2n) is 5.65. The molecular weight excluding hydrogens is 258 g/mol. The largest absolute Gasteiger partial charge is 0.497 e. The van der Waals surface area contributed by atoms with Crippen molar-refractivity contribution >= 4 is 0 Å². The molecule has 1 N–H and O–H groups in total. The predicted molar refractivity (Wildman–Crippen MR) is 89.1 cm³/mol. The molecule has 0 aliphatic carbocycles. The normalized spacial score (nSPS) is 10.7. The van der Waals surface area contributed by atoms with Crippen LogP contribution >= 0.6 is 0 Å². The zero-order chi connectivity index (χ0) is 15.2. The lowest BCUT2D eigenvalue weighted by Gasteiger charge is -2.12. The Hall–Kier alpha value is -1.80. The third kappa shape index (κ3) is 4.33. The lowest BCUT2D eigenvalue weighted by molar-refractivity contribution is 0.414. The number of benzene rings is 2. The van der Waals surface area contributed by atoms with Gasteiger partial charge in [-0.3, -0.25) is 0 Å². The molecule has 0 aliphatic rings. The second-order valence-corrected chi connectivity index (χ2v) is 5.65. The van der Waals surface area contributed by atoms with Gasteiger partial charge in [-0.05, 0) is 68.1 Å². The van der Waals surface area contributed by atoms with Crippen molar-refractivity contribution in [2.45, 2.75) is 33.7 Å². The molecule has 0 atom stereocenters. The Morgan fingerprint density at radius 1 is 0.952 bits per heavy atom. The summed E-state index contributed by atoms with van der Waals surface area (Å²) in [5.41, 5.74) is 6.86. The minimum Gasteiger partial charge on any atom is -0.497 e. The Morgan fingerprint density at radius 3 is 2.14 bits per heavy atom. The van der Waals surface area contributed by atoms with Crippen LogP contribution in [-0.4, -0.2) is 13.7 Å². The number of ether oxygens (including phenoxy) is 1. The molecule has 0 aromatic heterocycles. The summed E-state index contributed by atoms with van der Waals surface area (Å²) in [4.78, 5) is 0. The molecule has 0 heterocycles. The van der Waals surface area contributed by atoms with Crippen LogP contribution in [0.3, 0.4) is 0 Å². The summed E-state index contributed by atoms with van der Waals surface area (Å²) in [5.74, 6) is 0.914. The van der Waals surface area contributed by atoms with Gasteiger partial charge in [0, 0.05) is 6.54 Å². The first-order chi connectivity index (χ1) is 10.1. The van der Waals surface area contributed by atoms with Crippen LogP contribution in [0.2, 0.25) is 0 Å². The molecule has 0 radical (unpaired) electrons. The molecule has 2 heteroatoms. The molecule has 2 rings (SSSR count). The maximum atomic E-state index is 5.17. The molecule has 0 saturated heterocycles. The lowest BCUT2D eigenvalue weighted by atomic mass is 10.00. The highest BCUT2D eigenvalue weighted by atomic mass is 16.5. The van der Waals surface area contributed by atoms with E-state index in [1.807, 2.05) is 12.1 Å². The van der Waals surface area contributed by atoms with Crippen molar-refractivity contribution < 1.29 is 4.74 Å². The monoisotopic (exact) mass is 283 g/mol. The summed E-state index contributed by atoms with van der Waals surface area (Å²) in [6, 6.07) is 12.8. The first-order valence-electron chi connectivity index (χ1n) is 7.50. The molecule has 2 aromatic rings. The Kier molecular flexibility index (Phi) is 5.40. The van der Waals surface area contributed by atoms with Gasteiger partial charge in [0.2, 0.25) is 0 Å². The van der Waals surface area contributed by atoms with E-state index in [-0.39, 0.29) is 0 Å². The number of hydrogen-bond donors (Lipinski definition) is 1. The summed E-state index contributed by atoms with van der Waals surface area (Å²) in [6.45, 7) is 8.47. The maximum absolute atomic E-state index is 5.17. The Labute approximate surface area is 128 Å². The summed E-state index contributed by atoms with van der Waals surface area (Å²) < 4.78 is 5.17. The van der Waals surface area contributed by atoms with E-state index in [9.17, 15) is 0 Å². The van der Waals surface area contributed by atoms with E-state index in [4.69, 9.17) is 4.74 Å². The fourth-order valence-electron chi connectivity index (χ4n) is 2.73. The van der Waals surface area contributed by atoms with Crippen molar-refractivity contribution in [3.8, 4) is 5.75 Å². The van der Waals surface area contributed by atoms with Gasteiger partial charge in [0.25, 0.3) is 0 Å². The van der Waals surface area contributed by atoms with Gasteiger partial charge < -0.3 is 10.1 Å². The van der Waals surface area contributed by atoms with Crippen LogP contribution in [0.25, 0.3) is 0 Å². The fraction of sp³-hybridized carbons (Fsp3) is 0.368. The Balaban J connectivity index is 1.84. The van der Waals surface area contributed by atoms with Gasteiger partial charge in [-0.15, -0.1) is 0 Å². The summed E-state index contributed by atoms with van der Waals surface area (Å²) >= 11 is 0. The van der Waals surface area contributed by atoms with Gasteiger partial charge in [0.1, 0.15) is 5.75 Å². The molecule has 2 nitrogen and oxygen atoms in total. The highest BCUT2D eigenvalue weighted by molar-refractivity contribution is 5.37. The molecule has 0 bridgehead atoms. The van der Waals surface area contributed by atoms with Crippen LogP contribution in [0.4, 0.5) is 0 Å². The molecule has 0 amide bonds. The van der Waals surface area contributed by atoms with E-state index in [1.54, 1.807) is 7.11 Å². The smallest absolute Gasteiger partial charge is 0.118 e. The van der Waals surface area contributed by atoms with Crippen molar-refractivity contribution in [3.63, 3.8) is 0 Å². The molecule has 112 valence electrons. The molecule has 0 aliphatic heterocycles. The van der Waals surface area contributed by atoms with E-state index >= 15 is 0 Å². The lowest BCUT2D eigenvalue weighted by Crippen LogP contribution is -2.18. The van der Waals surface area contributed by atoms with Crippen LogP contribution in [-0.2, 0) is 13.0 Å². The first-order valence-corrected chi connectivity index (χ1v) is 7.50. The van der Waals surface area contributed by atoms with Gasteiger partial charge in [-0.1, -0.05) is 29.8 Å². The van der Waals surface area contributed by atoms with E-state index < -0.39 is 0 Å². The van der Waals surface area contributed by atoms with E-state index in [2.05, 4.69) is 50.4 Å². The van der Waals surface area contributed by atoms with Crippen molar-refractivity contribution in [3.05, 3.63) is 64.2 Å². The van der Waals surface area contributed by atoms with Crippen molar-refractivity contribution in [1.29, 1.82) is 0 Å². The second kappa shape index (κ2) is 7.28. The van der Waals surface area contributed by atoms with E-state index in [1.165, 1.54) is 27.8 Å². The van der Waals surface area contributed by atoms with Crippen LogP contribution in [0.5, 0.6) is 5.75 Å². The molecule has 0 unspecified atom stereocenters. The van der Waals surface area contributed by atoms with Gasteiger partial charge >= 0.3 is 0 Å². The number of rotatable bonds is 6. The average Bonchev–Trinajstić information content (AvgIpc) is 2.46. The number of nitrogens with one attached hydrogen (secondary N) is 1. The standard InChI is InChI=1S/C19H25NO/c1-14-11-15(2)19(16(3)12-14)13-20-10-9-17-5-7-18(21-4)8-6-17/h5-8,11-12,20H,9-10,13H2,1-4H3. The fourth-order valence-corrected chi connectivity index (χ4v) is 2.73. The summed E-state index contributed by atoms with van der Waals surface area (Å²) in [6.07, 6.45) is 1.04. The molecule has 0 saturated carbocycles. The number of hydrogen-bond acceptors (Lipinski definition) is 2. The topological polar surface area (TPSA) is 21.3 Å². The van der Waals surface area contributed by atoms with Gasteiger partial charge in [-0.25, -0.2) is 0 Å². The van der Waals surface area contributed by atoms with Crippen LogP contribution in [0, 0.1) is 20.8 Å². The van der Waals surface area contributed by atoms with Crippen LogP contribution in [0.15, 0.2) is 36.4 Å².